The van der Waals surface area contributed by atoms with E-state index in [2.05, 4.69) is 15.2 Å². The fourth-order valence-electron chi connectivity index (χ4n) is 1.52. The number of carbonyl (C=O) groups is 1. The van der Waals surface area contributed by atoms with Crippen LogP contribution in [0.2, 0.25) is 0 Å². The van der Waals surface area contributed by atoms with E-state index in [4.69, 9.17) is 5.73 Å². The van der Waals surface area contributed by atoms with Gasteiger partial charge in [-0.3, -0.25) is 9.89 Å². The summed E-state index contributed by atoms with van der Waals surface area (Å²) >= 11 is 0. The summed E-state index contributed by atoms with van der Waals surface area (Å²) in [5, 5.41) is 6.45. The summed E-state index contributed by atoms with van der Waals surface area (Å²) in [4.78, 5) is 16.9. The zero-order chi connectivity index (χ0) is 9.42. The van der Waals surface area contributed by atoms with Gasteiger partial charge in [-0.25, -0.2) is 0 Å². The SMILES string of the molecule is CN1C[C@H](c2nc(N)n[nH]2)CC1=O. The molecule has 2 heterocycles. The van der Waals surface area contributed by atoms with Crippen molar-refractivity contribution >= 4 is 11.9 Å². The number of nitrogens with two attached hydrogens (primary N) is 1. The highest BCUT2D eigenvalue weighted by Crippen LogP contribution is 2.24. The van der Waals surface area contributed by atoms with Gasteiger partial charge in [0, 0.05) is 25.9 Å². The summed E-state index contributed by atoms with van der Waals surface area (Å²) in [6.07, 6.45) is 0.491. The van der Waals surface area contributed by atoms with Gasteiger partial charge in [0.1, 0.15) is 5.82 Å². The number of hydrogen-bond acceptors (Lipinski definition) is 4. The van der Waals surface area contributed by atoms with Crippen LogP contribution in [0, 0.1) is 0 Å². The van der Waals surface area contributed by atoms with E-state index in [1.165, 1.54) is 0 Å². The van der Waals surface area contributed by atoms with Gasteiger partial charge in [-0.15, -0.1) is 5.10 Å². The summed E-state index contributed by atoms with van der Waals surface area (Å²) in [5.41, 5.74) is 5.36. The van der Waals surface area contributed by atoms with E-state index in [0.717, 1.165) is 0 Å². The van der Waals surface area contributed by atoms with Gasteiger partial charge in [0.25, 0.3) is 0 Å². The number of aromatic nitrogens is 3. The maximum absolute atomic E-state index is 11.2. The Balaban J connectivity index is 2.16. The molecule has 1 fully saturated rings. The maximum Gasteiger partial charge on any atom is 0.239 e. The zero-order valence-corrected chi connectivity index (χ0v) is 7.32. The standard InChI is InChI=1S/C7H11N5O/c1-12-3-4(2-5(12)13)6-9-7(8)11-10-6/h4H,2-3H2,1H3,(H3,8,9,10,11)/t4-/m1/s1. The molecule has 0 radical (unpaired) electrons. The van der Waals surface area contributed by atoms with Crippen LogP contribution in [0.4, 0.5) is 5.95 Å². The Morgan fingerprint density at radius 1 is 1.69 bits per heavy atom. The molecule has 6 heteroatoms. The number of aromatic amines is 1. The number of nitrogens with zero attached hydrogens (tertiary/aromatic N) is 3. The van der Waals surface area contributed by atoms with Gasteiger partial charge >= 0.3 is 0 Å². The third kappa shape index (κ3) is 1.34. The lowest BCUT2D eigenvalue weighted by Gasteiger charge is -2.06. The minimum Gasteiger partial charge on any atom is -0.367 e. The van der Waals surface area contributed by atoms with Crippen LogP contribution in [0.15, 0.2) is 0 Å². The minimum atomic E-state index is 0.113. The molecule has 0 bridgehead atoms. The molecule has 1 atom stereocenters. The van der Waals surface area contributed by atoms with Crippen molar-refractivity contribution in [3.05, 3.63) is 5.82 Å². The second-order valence-corrected chi connectivity index (χ2v) is 3.25. The third-order valence-electron chi connectivity index (χ3n) is 2.25. The van der Waals surface area contributed by atoms with Gasteiger partial charge in [0.2, 0.25) is 11.9 Å². The molecule has 0 unspecified atom stereocenters. The van der Waals surface area contributed by atoms with E-state index in [0.29, 0.717) is 18.8 Å². The van der Waals surface area contributed by atoms with E-state index in [-0.39, 0.29) is 17.8 Å². The highest BCUT2D eigenvalue weighted by Gasteiger charge is 2.30. The van der Waals surface area contributed by atoms with Crippen LogP contribution in [0.25, 0.3) is 0 Å². The molecule has 0 aliphatic carbocycles. The lowest BCUT2D eigenvalue weighted by atomic mass is 10.1. The first-order chi connectivity index (χ1) is 6.16. The summed E-state index contributed by atoms with van der Waals surface area (Å²) in [6, 6.07) is 0. The van der Waals surface area contributed by atoms with E-state index >= 15 is 0 Å². The lowest BCUT2D eigenvalue weighted by molar-refractivity contribution is -0.126. The summed E-state index contributed by atoms with van der Waals surface area (Å²) in [5.74, 6) is 1.19. The molecule has 0 spiro atoms. The summed E-state index contributed by atoms with van der Waals surface area (Å²) < 4.78 is 0. The molecular weight excluding hydrogens is 170 g/mol. The third-order valence-corrected chi connectivity index (χ3v) is 2.25. The zero-order valence-electron chi connectivity index (χ0n) is 7.32. The van der Waals surface area contributed by atoms with Crippen molar-refractivity contribution in [3.63, 3.8) is 0 Å². The Morgan fingerprint density at radius 2 is 2.46 bits per heavy atom. The number of rotatable bonds is 1. The van der Waals surface area contributed by atoms with E-state index in [9.17, 15) is 4.79 Å². The molecule has 1 aliphatic rings. The maximum atomic E-state index is 11.2. The number of likely N-dealkylation sites (tertiary alicyclic amines) is 1. The van der Waals surface area contributed by atoms with E-state index < -0.39 is 0 Å². The molecule has 2 rings (SSSR count). The largest absolute Gasteiger partial charge is 0.367 e. The molecule has 0 aromatic carbocycles. The number of amides is 1. The van der Waals surface area contributed by atoms with E-state index in [1.54, 1.807) is 11.9 Å². The van der Waals surface area contributed by atoms with Crippen LogP contribution < -0.4 is 5.73 Å². The minimum absolute atomic E-state index is 0.113. The molecule has 70 valence electrons. The Morgan fingerprint density at radius 3 is 2.92 bits per heavy atom. The normalized spacial score (nSPS) is 22.7. The summed E-state index contributed by atoms with van der Waals surface area (Å²) in [7, 11) is 1.78. The van der Waals surface area contributed by atoms with Gasteiger partial charge in [-0.1, -0.05) is 0 Å². The number of carbonyl (C=O) groups excluding carboxylic acids is 1. The predicted octanol–water partition coefficient (Wildman–Crippen LogP) is -0.667. The van der Waals surface area contributed by atoms with Crippen LogP contribution in [-0.4, -0.2) is 39.6 Å². The van der Waals surface area contributed by atoms with Crippen LogP contribution >= 0.6 is 0 Å². The number of hydrogen-bond donors (Lipinski definition) is 2. The Bertz CT molecular complexity index is 333. The van der Waals surface area contributed by atoms with Crippen molar-refractivity contribution in [2.24, 2.45) is 0 Å². The Hall–Kier alpha value is -1.59. The summed E-state index contributed by atoms with van der Waals surface area (Å²) in [6.45, 7) is 0.688. The first-order valence-corrected chi connectivity index (χ1v) is 4.08. The number of nitrogen functional groups attached to an aromatic ring is 1. The van der Waals surface area contributed by atoms with Crippen LogP contribution in [0.3, 0.4) is 0 Å². The van der Waals surface area contributed by atoms with Crippen molar-refractivity contribution in [2.75, 3.05) is 19.3 Å². The molecule has 1 amide bonds. The van der Waals surface area contributed by atoms with Crippen molar-refractivity contribution in [1.82, 2.24) is 20.1 Å². The van der Waals surface area contributed by atoms with Crippen LogP contribution in [0.5, 0.6) is 0 Å². The molecule has 13 heavy (non-hydrogen) atoms. The second-order valence-electron chi connectivity index (χ2n) is 3.25. The van der Waals surface area contributed by atoms with Crippen molar-refractivity contribution in [1.29, 1.82) is 0 Å². The quantitative estimate of drug-likeness (QED) is 0.601. The average molecular weight is 181 g/mol. The highest BCUT2D eigenvalue weighted by molar-refractivity contribution is 5.79. The fourth-order valence-corrected chi connectivity index (χ4v) is 1.52. The highest BCUT2D eigenvalue weighted by atomic mass is 16.2. The molecule has 3 N–H and O–H groups in total. The molecule has 6 nitrogen and oxygen atoms in total. The molecule has 1 aromatic rings. The van der Waals surface area contributed by atoms with Crippen molar-refractivity contribution in [3.8, 4) is 0 Å². The van der Waals surface area contributed by atoms with E-state index in [1.807, 2.05) is 0 Å². The van der Waals surface area contributed by atoms with Crippen molar-refractivity contribution in [2.45, 2.75) is 12.3 Å². The molecule has 0 saturated carbocycles. The first-order valence-electron chi connectivity index (χ1n) is 4.08. The lowest BCUT2D eigenvalue weighted by Crippen LogP contribution is -2.18. The number of H-pyrrole nitrogens is 1. The second kappa shape index (κ2) is 2.72. The van der Waals surface area contributed by atoms with Gasteiger partial charge in [-0.05, 0) is 0 Å². The van der Waals surface area contributed by atoms with Gasteiger partial charge in [-0.2, -0.15) is 4.98 Å². The average Bonchev–Trinajstić information content (AvgIpc) is 2.61. The molecule has 1 aliphatic heterocycles. The van der Waals surface area contributed by atoms with Gasteiger partial charge < -0.3 is 10.6 Å². The van der Waals surface area contributed by atoms with Gasteiger partial charge in [0.15, 0.2) is 0 Å². The fraction of sp³-hybridized carbons (Fsp3) is 0.571. The predicted molar refractivity (Wildman–Crippen MR) is 45.8 cm³/mol. The monoisotopic (exact) mass is 181 g/mol. The number of nitrogens with one attached hydrogen (secondary N) is 1. The molecule has 1 saturated heterocycles. The Labute approximate surface area is 75.1 Å². The van der Waals surface area contributed by atoms with Crippen LogP contribution in [-0.2, 0) is 4.79 Å². The topological polar surface area (TPSA) is 87.9 Å². The smallest absolute Gasteiger partial charge is 0.239 e. The first kappa shape index (κ1) is 8.03. The van der Waals surface area contributed by atoms with Crippen molar-refractivity contribution < 1.29 is 4.79 Å². The number of anilines is 1. The molecular formula is C7H11N5O. The Kier molecular flexibility index (Phi) is 1.68. The number of likely N-dealkylation sites (N-methyl/N-ethyl adjacent to an activating group) is 1. The van der Waals surface area contributed by atoms with Gasteiger partial charge in [0.05, 0.1) is 0 Å². The van der Waals surface area contributed by atoms with Crippen LogP contribution in [0.1, 0.15) is 18.2 Å². The molecule has 1 aromatic heterocycles.